The lowest BCUT2D eigenvalue weighted by Gasteiger charge is -2.14. The highest BCUT2D eigenvalue weighted by atomic mass is 127. The van der Waals surface area contributed by atoms with E-state index in [1.807, 2.05) is 13.1 Å². The standard InChI is InChI=1S/C22H35N5O2.HI/c1-5-23-22(24-11-7-8-19-16-26-27-18(19)4)25-15-20-10-9-17(3)14-21(20)29-13-12-28-6-2;/h9-10,14,16H,5-8,11-13,15H2,1-4H3,(H,26,27)(H2,23,24,25);1H. The molecule has 0 aliphatic carbocycles. The molecular formula is C22H36IN5O2. The Morgan fingerprint density at radius 1 is 1.13 bits per heavy atom. The third-order valence-corrected chi connectivity index (χ3v) is 4.51. The molecule has 0 fully saturated rings. The highest BCUT2D eigenvalue weighted by molar-refractivity contribution is 14.0. The van der Waals surface area contributed by atoms with E-state index in [0.717, 1.165) is 48.9 Å². The van der Waals surface area contributed by atoms with Crippen molar-refractivity contribution < 1.29 is 9.47 Å². The Morgan fingerprint density at radius 2 is 1.97 bits per heavy atom. The number of hydrogen-bond donors (Lipinski definition) is 3. The smallest absolute Gasteiger partial charge is 0.191 e. The quantitative estimate of drug-likeness (QED) is 0.169. The number of aryl methyl sites for hydroxylation is 3. The van der Waals surface area contributed by atoms with Gasteiger partial charge in [0.2, 0.25) is 0 Å². The molecule has 0 amide bonds. The van der Waals surface area contributed by atoms with Gasteiger partial charge in [0, 0.05) is 31.0 Å². The van der Waals surface area contributed by atoms with E-state index in [4.69, 9.17) is 14.5 Å². The Balaban J connectivity index is 0.00000450. The summed E-state index contributed by atoms with van der Waals surface area (Å²) in [5.41, 5.74) is 4.64. The number of rotatable bonds is 12. The fourth-order valence-corrected chi connectivity index (χ4v) is 2.90. The summed E-state index contributed by atoms with van der Waals surface area (Å²) in [6.07, 6.45) is 3.91. The van der Waals surface area contributed by atoms with Gasteiger partial charge in [-0.3, -0.25) is 5.10 Å². The van der Waals surface area contributed by atoms with Gasteiger partial charge in [0.15, 0.2) is 5.96 Å². The summed E-state index contributed by atoms with van der Waals surface area (Å²) in [7, 11) is 0. The highest BCUT2D eigenvalue weighted by Crippen LogP contribution is 2.21. The monoisotopic (exact) mass is 529 g/mol. The van der Waals surface area contributed by atoms with E-state index in [1.54, 1.807) is 0 Å². The number of ether oxygens (including phenoxy) is 2. The van der Waals surface area contributed by atoms with E-state index >= 15 is 0 Å². The lowest BCUT2D eigenvalue weighted by molar-refractivity contribution is 0.110. The minimum atomic E-state index is 0. The molecule has 0 bridgehead atoms. The summed E-state index contributed by atoms with van der Waals surface area (Å²) >= 11 is 0. The topological polar surface area (TPSA) is 83.6 Å². The predicted octanol–water partition coefficient (Wildman–Crippen LogP) is 3.75. The Labute approximate surface area is 197 Å². The zero-order valence-electron chi connectivity index (χ0n) is 18.6. The van der Waals surface area contributed by atoms with Gasteiger partial charge in [-0.15, -0.1) is 24.0 Å². The molecule has 0 unspecified atom stereocenters. The molecule has 2 aromatic rings. The van der Waals surface area contributed by atoms with Crippen molar-refractivity contribution >= 4 is 29.9 Å². The Kier molecular flexibility index (Phi) is 13.2. The summed E-state index contributed by atoms with van der Waals surface area (Å²) in [5.74, 6) is 1.69. The largest absolute Gasteiger partial charge is 0.491 e. The van der Waals surface area contributed by atoms with Crippen molar-refractivity contribution in [1.29, 1.82) is 0 Å². The van der Waals surface area contributed by atoms with Crippen molar-refractivity contribution in [2.75, 3.05) is 32.9 Å². The maximum Gasteiger partial charge on any atom is 0.191 e. The van der Waals surface area contributed by atoms with Crippen molar-refractivity contribution in [3.05, 3.63) is 46.8 Å². The summed E-state index contributed by atoms with van der Waals surface area (Å²) in [5, 5.41) is 13.8. The number of aromatic nitrogens is 2. The molecule has 1 aromatic carbocycles. The number of aromatic amines is 1. The van der Waals surface area contributed by atoms with Crippen LogP contribution in [0.4, 0.5) is 0 Å². The normalized spacial score (nSPS) is 11.1. The first-order valence-corrected chi connectivity index (χ1v) is 10.4. The molecule has 0 aliphatic heterocycles. The number of aliphatic imine (C=N–C) groups is 1. The Bertz CT molecular complexity index is 764. The molecule has 0 aliphatic rings. The van der Waals surface area contributed by atoms with Gasteiger partial charge in [0.05, 0.1) is 19.3 Å². The van der Waals surface area contributed by atoms with Gasteiger partial charge in [-0.25, -0.2) is 4.99 Å². The second-order valence-electron chi connectivity index (χ2n) is 6.90. The van der Waals surface area contributed by atoms with Crippen LogP contribution in [0.5, 0.6) is 5.75 Å². The molecule has 0 saturated heterocycles. The summed E-state index contributed by atoms with van der Waals surface area (Å²) in [6.45, 7) is 12.2. The number of H-pyrrole nitrogens is 1. The van der Waals surface area contributed by atoms with Gasteiger partial charge >= 0.3 is 0 Å². The van der Waals surface area contributed by atoms with Crippen molar-refractivity contribution in [3.63, 3.8) is 0 Å². The predicted molar refractivity (Wildman–Crippen MR) is 133 cm³/mol. The molecule has 3 N–H and O–H groups in total. The van der Waals surface area contributed by atoms with E-state index in [1.165, 1.54) is 11.1 Å². The SMILES string of the molecule is CCNC(=NCc1ccc(C)cc1OCCOCC)NCCCc1cn[nH]c1C.I. The second-order valence-corrected chi connectivity index (χ2v) is 6.90. The number of benzene rings is 1. The number of hydrogen-bond acceptors (Lipinski definition) is 4. The van der Waals surface area contributed by atoms with Gasteiger partial charge in [-0.05, 0) is 57.7 Å². The number of guanidine groups is 1. The maximum absolute atomic E-state index is 5.92. The van der Waals surface area contributed by atoms with Gasteiger partial charge in [0.25, 0.3) is 0 Å². The summed E-state index contributed by atoms with van der Waals surface area (Å²) in [4.78, 5) is 4.74. The van der Waals surface area contributed by atoms with Crippen LogP contribution < -0.4 is 15.4 Å². The molecule has 2 rings (SSSR count). The second kappa shape index (κ2) is 15.1. The Hall–Kier alpha value is -1.81. The van der Waals surface area contributed by atoms with Crippen LogP contribution >= 0.6 is 24.0 Å². The van der Waals surface area contributed by atoms with Crippen molar-refractivity contribution in [2.45, 2.75) is 47.1 Å². The van der Waals surface area contributed by atoms with E-state index in [0.29, 0.717) is 26.4 Å². The van der Waals surface area contributed by atoms with Gasteiger partial charge in [-0.2, -0.15) is 5.10 Å². The highest BCUT2D eigenvalue weighted by Gasteiger charge is 2.06. The zero-order chi connectivity index (χ0) is 20.9. The van der Waals surface area contributed by atoms with Crippen molar-refractivity contribution in [3.8, 4) is 5.75 Å². The molecule has 0 radical (unpaired) electrons. The third kappa shape index (κ3) is 9.34. The van der Waals surface area contributed by atoms with Crippen LogP contribution in [0.3, 0.4) is 0 Å². The molecule has 0 spiro atoms. The first-order chi connectivity index (χ1) is 14.1. The molecule has 168 valence electrons. The van der Waals surface area contributed by atoms with Gasteiger partial charge in [0.1, 0.15) is 12.4 Å². The molecule has 1 aromatic heterocycles. The lowest BCUT2D eigenvalue weighted by Crippen LogP contribution is -2.37. The van der Waals surface area contributed by atoms with Gasteiger partial charge < -0.3 is 20.1 Å². The number of halogens is 1. The van der Waals surface area contributed by atoms with Crippen LogP contribution in [0.1, 0.15) is 42.7 Å². The average molecular weight is 529 g/mol. The van der Waals surface area contributed by atoms with E-state index in [9.17, 15) is 0 Å². The Morgan fingerprint density at radius 3 is 2.67 bits per heavy atom. The number of nitrogens with zero attached hydrogens (tertiary/aromatic N) is 2. The minimum Gasteiger partial charge on any atom is -0.491 e. The first-order valence-electron chi connectivity index (χ1n) is 10.4. The van der Waals surface area contributed by atoms with Crippen LogP contribution in [0, 0.1) is 13.8 Å². The molecule has 30 heavy (non-hydrogen) atoms. The number of nitrogens with one attached hydrogen (secondary N) is 3. The molecular weight excluding hydrogens is 493 g/mol. The molecule has 1 heterocycles. The molecule has 0 atom stereocenters. The van der Waals surface area contributed by atoms with Crippen LogP contribution in [0.15, 0.2) is 29.4 Å². The lowest BCUT2D eigenvalue weighted by atomic mass is 10.1. The van der Waals surface area contributed by atoms with Crippen LogP contribution in [-0.2, 0) is 17.7 Å². The summed E-state index contributed by atoms with van der Waals surface area (Å²) < 4.78 is 11.3. The fraction of sp³-hybridized carbons (Fsp3) is 0.545. The molecule has 7 nitrogen and oxygen atoms in total. The van der Waals surface area contributed by atoms with E-state index in [-0.39, 0.29) is 24.0 Å². The zero-order valence-corrected chi connectivity index (χ0v) is 20.9. The van der Waals surface area contributed by atoms with Crippen LogP contribution in [0.2, 0.25) is 0 Å². The van der Waals surface area contributed by atoms with Crippen molar-refractivity contribution in [2.24, 2.45) is 4.99 Å². The third-order valence-electron chi connectivity index (χ3n) is 4.51. The maximum atomic E-state index is 5.92. The first kappa shape index (κ1) is 26.2. The molecule has 8 heteroatoms. The summed E-state index contributed by atoms with van der Waals surface area (Å²) in [6, 6.07) is 6.23. The van der Waals surface area contributed by atoms with E-state index < -0.39 is 0 Å². The van der Waals surface area contributed by atoms with Crippen molar-refractivity contribution in [1.82, 2.24) is 20.8 Å². The molecule has 0 saturated carbocycles. The fourth-order valence-electron chi connectivity index (χ4n) is 2.90. The minimum absolute atomic E-state index is 0. The van der Waals surface area contributed by atoms with Crippen LogP contribution in [-0.4, -0.2) is 49.1 Å². The van der Waals surface area contributed by atoms with E-state index in [2.05, 4.69) is 59.8 Å². The van der Waals surface area contributed by atoms with Crippen LogP contribution in [0.25, 0.3) is 0 Å². The van der Waals surface area contributed by atoms with Gasteiger partial charge in [-0.1, -0.05) is 12.1 Å². The average Bonchev–Trinajstić information content (AvgIpc) is 3.12.